The second-order valence-electron chi connectivity index (χ2n) is 4.00. The van der Waals surface area contributed by atoms with Gasteiger partial charge in [0.15, 0.2) is 5.13 Å². The van der Waals surface area contributed by atoms with E-state index < -0.39 is 0 Å². The maximum Gasteiger partial charge on any atom is 0.183 e. The van der Waals surface area contributed by atoms with Crippen LogP contribution in [0.25, 0.3) is 0 Å². The van der Waals surface area contributed by atoms with Crippen molar-refractivity contribution in [1.82, 2.24) is 4.98 Å². The van der Waals surface area contributed by atoms with E-state index >= 15 is 0 Å². The molecule has 4 heteroatoms. The van der Waals surface area contributed by atoms with Crippen molar-refractivity contribution >= 4 is 16.5 Å². The zero-order valence-electron chi connectivity index (χ0n) is 10.1. The van der Waals surface area contributed by atoms with Crippen molar-refractivity contribution in [2.75, 3.05) is 11.9 Å². The van der Waals surface area contributed by atoms with Gasteiger partial charge in [-0.25, -0.2) is 4.98 Å². The highest BCUT2D eigenvalue weighted by atomic mass is 32.1. The van der Waals surface area contributed by atoms with Crippen LogP contribution < -0.4 is 11.1 Å². The molecule has 0 aliphatic carbocycles. The van der Waals surface area contributed by atoms with Gasteiger partial charge >= 0.3 is 0 Å². The summed E-state index contributed by atoms with van der Waals surface area (Å²) in [6.07, 6.45) is 0. The van der Waals surface area contributed by atoms with Crippen LogP contribution in [0.2, 0.25) is 0 Å². The van der Waals surface area contributed by atoms with E-state index in [0.717, 1.165) is 10.8 Å². The first-order chi connectivity index (χ1) is 8.20. The van der Waals surface area contributed by atoms with E-state index in [2.05, 4.69) is 29.4 Å². The topological polar surface area (TPSA) is 50.9 Å². The van der Waals surface area contributed by atoms with Crippen LogP contribution in [0.1, 0.15) is 22.2 Å². The molecular formula is C13H17N3S. The maximum absolute atomic E-state index is 5.81. The first-order valence-electron chi connectivity index (χ1n) is 5.66. The molecule has 1 aromatic heterocycles. The van der Waals surface area contributed by atoms with Crippen molar-refractivity contribution in [3.05, 3.63) is 46.5 Å². The number of nitrogens with two attached hydrogens (primary N) is 1. The van der Waals surface area contributed by atoms with E-state index in [4.69, 9.17) is 5.73 Å². The molecule has 0 spiro atoms. The minimum absolute atomic E-state index is 0.126. The summed E-state index contributed by atoms with van der Waals surface area (Å²) in [4.78, 5) is 5.72. The molecule has 17 heavy (non-hydrogen) atoms. The molecule has 0 saturated heterocycles. The Kier molecular flexibility index (Phi) is 3.76. The SMILES string of the molecule is Cc1nc(NC(CN)c2ccccc2)sc1C. The van der Waals surface area contributed by atoms with Gasteiger partial charge in [-0.3, -0.25) is 0 Å². The van der Waals surface area contributed by atoms with E-state index in [1.54, 1.807) is 11.3 Å². The molecule has 0 radical (unpaired) electrons. The van der Waals surface area contributed by atoms with Crippen molar-refractivity contribution in [1.29, 1.82) is 0 Å². The lowest BCUT2D eigenvalue weighted by Gasteiger charge is -2.16. The second-order valence-corrected chi connectivity index (χ2v) is 5.21. The summed E-state index contributed by atoms with van der Waals surface area (Å²) in [5.41, 5.74) is 8.09. The molecule has 90 valence electrons. The molecule has 0 amide bonds. The van der Waals surface area contributed by atoms with Crippen molar-refractivity contribution in [3.63, 3.8) is 0 Å². The van der Waals surface area contributed by atoms with Gasteiger partial charge in [0.25, 0.3) is 0 Å². The highest BCUT2D eigenvalue weighted by Gasteiger charge is 2.11. The molecule has 0 saturated carbocycles. The molecule has 2 rings (SSSR count). The Balaban J connectivity index is 2.15. The van der Waals surface area contributed by atoms with Gasteiger partial charge in [0.05, 0.1) is 11.7 Å². The number of nitrogens with zero attached hydrogens (tertiary/aromatic N) is 1. The normalized spacial score (nSPS) is 12.4. The quantitative estimate of drug-likeness (QED) is 0.873. The molecule has 0 fully saturated rings. The predicted molar refractivity (Wildman–Crippen MR) is 73.4 cm³/mol. The zero-order valence-corrected chi connectivity index (χ0v) is 10.9. The smallest absolute Gasteiger partial charge is 0.183 e. The number of thiazole rings is 1. The highest BCUT2D eigenvalue weighted by molar-refractivity contribution is 7.15. The summed E-state index contributed by atoms with van der Waals surface area (Å²) in [5.74, 6) is 0. The fourth-order valence-corrected chi connectivity index (χ4v) is 2.51. The third-order valence-corrected chi connectivity index (χ3v) is 3.77. The maximum atomic E-state index is 5.81. The van der Waals surface area contributed by atoms with Crippen molar-refractivity contribution in [3.8, 4) is 0 Å². The predicted octanol–water partition coefficient (Wildman–Crippen LogP) is 2.87. The van der Waals surface area contributed by atoms with Crippen LogP contribution in [0, 0.1) is 13.8 Å². The Morgan fingerprint density at radius 1 is 1.29 bits per heavy atom. The Morgan fingerprint density at radius 2 is 2.00 bits per heavy atom. The van der Waals surface area contributed by atoms with Crippen molar-refractivity contribution < 1.29 is 0 Å². The first kappa shape index (κ1) is 12.1. The number of hydrogen-bond donors (Lipinski definition) is 2. The minimum Gasteiger partial charge on any atom is -0.353 e. The molecular weight excluding hydrogens is 230 g/mol. The van der Waals surface area contributed by atoms with Crippen LogP contribution in [0.3, 0.4) is 0 Å². The summed E-state index contributed by atoms with van der Waals surface area (Å²) in [6.45, 7) is 4.66. The average Bonchev–Trinajstić information content (AvgIpc) is 2.67. The van der Waals surface area contributed by atoms with Crippen molar-refractivity contribution in [2.24, 2.45) is 5.73 Å². The fourth-order valence-electron chi connectivity index (χ4n) is 1.65. The number of anilines is 1. The number of nitrogens with one attached hydrogen (secondary N) is 1. The Hall–Kier alpha value is -1.39. The molecule has 0 bridgehead atoms. The standard InChI is InChI=1S/C13H17N3S/c1-9-10(2)17-13(15-9)16-12(8-14)11-6-4-3-5-7-11/h3-7,12H,8,14H2,1-2H3,(H,15,16). The fraction of sp³-hybridized carbons (Fsp3) is 0.308. The van der Waals surface area contributed by atoms with Gasteiger partial charge in [-0.15, -0.1) is 11.3 Å². The number of aryl methyl sites for hydroxylation is 2. The number of aromatic nitrogens is 1. The van der Waals surface area contributed by atoms with E-state index in [9.17, 15) is 0 Å². The summed E-state index contributed by atoms with van der Waals surface area (Å²) >= 11 is 1.67. The van der Waals surface area contributed by atoms with Crippen LogP contribution in [0.4, 0.5) is 5.13 Å². The molecule has 3 N–H and O–H groups in total. The summed E-state index contributed by atoms with van der Waals surface area (Å²) < 4.78 is 0. The second kappa shape index (κ2) is 5.29. The molecule has 0 aliphatic heterocycles. The number of hydrogen-bond acceptors (Lipinski definition) is 4. The minimum atomic E-state index is 0.126. The Bertz CT molecular complexity index is 459. The van der Waals surface area contributed by atoms with Crippen molar-refractivity contribution in [2.45, 2.75) is 19.9 Å². The lowest BCUT2D eigenvalue weighted by molar-refractivity contribution is 0.788. The monoisotopic (exact) mass is 247 g/mol. The van der Waals surface area contributed by atoms with Gasteiger partial charge in [-0.05, 0) is 19.4 Å². The van der Waals surface area contributed by atoms with Gasteiger partial charge in [0, 0.05) is 11.4 Å². The summed E-state index contributed by atoms with van der Waals surface area (Å²) in [6, 6.07) is 10.3. The van der Waals surface area contributed by atoms with Crippen LogP contribution >= 0.6 is 11.3 Å². The van der Waals surface area contributed by atoms with Crippen LogP contribution in [0.5, 0.6) is 0 Å². The summed E-state index contributed by atoms with van der Waals surface area (Å²) in [5, 5.41) is 4.33. The van der Waals surface area contributed by atoms with Gasteiger partial charge in [-0.1, -0.05) is 30.3 Å². The zero-order chi connectivity index (χ0) is 12.3. The Morgan fingerprint density at radius 3 is 2.53 bits per heavy atom. The summed E-state index contributed by atoms with van der Waals surface area (Å²) in [7, 11) is 0. The van der Waals surface area contributed by atoms with Gasteiger partial charge in [0.2, 0.25) is 0 Å². The number of benzene rings is 1. The molecule has 0 aliphatic rings. The lowest BCUT2D eigenvalue weighted by atomic mass is 10.1. The van der Waals surface area contributed by atoms with E-state index in [0.29, 0.717) is 6.54 Å². The van der Waals surface area contributed by atoms with Crippen LogP contribution in [-0.2, 0) is 0 Å². The average molecular weight is 247 g/mol. The molecule has 1 aromatic carbocycles. The van der Waals surface area contributed by atoms with E-state index in [-0.39, 0.29) is 6.04 Å². The van der Waals surface area contributed by atoms with Crippen LogP contribution in [0.15, 0.2) is 30.3 Å². The molecule has 1 heterocycles. The highest BCUT2D eigenvalue weighted by Crippen LogP contribution is 2.25. The third-order valence-electron chi connectivity index (χ3n) is 2.76. The molecule has 2 aromatic rings. The lowest BCUT2D eigenvalue weighted by Crippen LogP contribution is -2.20. The Labute approximate surface area is 106 Å². The number of rotatable bonds is 4. The van der Waals surface area contributed by atoms with E-state index in [1.165, 1.54) is 10.4 Å². The van der Waals surface area contributed by atoms with Crippen LogP contribution in [-0.4, -0.2) is 11.5 Å². The largest absolute Gasteiger partial charge is 0.353 e. The molecule has 1 atom stereocenters. The van der Waals surface area contributed by atoms with E-state index in [1.807, 2.05) is 25.1 Å². The van der Waals surface area contributed by atoms with Gasteiger partial charge in [0.1, 0.15) is 0 Å². The van der Waals surface area contributed by atoms with Gasteiger partial charge in [-0.2, -0.15) is 0 Å². The molecule has 3 nitrogen and oxygen atoms in total. The first-order valence-corrected chi connectivity index (χ1v) is 6.48. The molecule has 1 unspecified atom stereocenters. The third kappa shape index (κ3) is 2.84. The van der Waals surface area contributed by atoms with Gasteiger partial charge < -0.3 is 11.1 Å².